The second kappa shape index (κ2) is 7.22. The van der Waals surface area contributed by atoms with Crippen LogP contribution < -0.4 is 0 Å². The molecule has 0 aromatic heterocycles. The van der Waals surface area contributed by atoms with Crippen molar-refractivity contribution in [2.45, 2.75) is 104 Å². The number of hydrogen-bond acceptors (Lipinski definition) is 3. The van der Waals surface area contributed by atoms with Crippen molar-refractivity contribution in [1.82, 2.24) is 0 Å². The highest BCUT2D eigenvalue weighted by Crippen LogP contribution is 2.70. The van der Waals surface area contributed by atoms with Crippen molar-refractivity contribution < 1.29 is 20.1 Å². The molecule has 0 spiro atoms. The molecule has 4 saturated carbocycles. The monoisotopic (exact) mass is 406 g/mol. The number of carboxylic acid groups (broad SMARTS) is 1. The van der Waals surface area contributed by atoms with Gasteiger partial charge >= 0.3 is 5.97 Å². The van der Waals surface area contributed by atoms with Crippen molar-refractivity contribution in [1.29, 1.82) is 0 Å². The summed E-state index contributed by atoms with van der Waals surface area (Å²) in [5, 5.41) is 31.1. The van der Waals surface area contributed by atoms with Gasteiger partial charge in [0.1, 0.15) is 0 Å². The molecule has 3 N–H and O–H groups in total. The fourth-order valence-corrected chi connectivity index (χ4v) is 9.11. The molecule has 4 aliphatic carbocycles. The van der Waals surface area contributed by atoms with E-state index in [1.54, 1.807) is 0 Å². The molecule has 0 amide bonds. The number of aliphatic hydroxyl groups is 2. The van der Waals surface area contributed by atoms with E-state index in [0.29, 0.717) is 35.5 Å². The zero-order valence-electron chi connectivity index (χ0n) is 18.9. The van der Waals surface area contributed by atoms with Crippen molar-refractivity contribution in [3.05, 3.63) is 0 Å². The maximum atomic E-state index is 11.7. The van der Waals surface area contributed by atoms with Gasteiger partial charge in [-0.05, 0) is 111 Å². The van der Waals surface area contributed by atoms with E-state index < -0.39 is 11.6 Å². The Labute approximate surface area is 176 Å². The molecule has 0 radical (unpaired) electrons. The first-order valence-electron chi connectivity index (χ1n) is 12.1. The van der Waals surface area contributed by atoms with Crippen LogP contribution in [0.2, 0.25) is 0 Å². The molecule has 0 aromatic rings. The molecule has 10 atom stereocenters. The highest BCUT2D eigenvalue weighted by molar-refractivity contribution is 5.66. The van der Waals surface area contributed by atoms with Gasteiger partial charge in [-0.25, -0.2) is 0 Å². The van der Waals surface area contributed by atoms with E-state index in [0.717, 1.165) is 32.1 Å². The second-order valence-corrected chi connectivity index (χ2v) is 12.1. The van der Waals surface area contributed by atoms with Gasteiger partial charge in [0.25, 0.3) is 0 Å². The Morgan fingerprint density at radius 1 is 1.03 bits per heavy atom. The van der Waals surface area contributed by atoms with Gasteiger partial charge in [-0.1, -0.05) is 20.8 Å². The zero-order valence-corrected chi connectivity index (χ0v) is 18.9. The molecule has 4 aliphatic rings. The summed E-state index contributed by atoms with van der Waals surface area (Å²) in [7, 11) is 0. The Morgan fingerprint density at radius 2 is 1.69 bits per heavy atom. The van der Waals surface area contributed by atoms with Gasteiger partial charge in [-0.2, -0.15) is 0 Å². The Balaban J connectivity index is 1.60. The molecular weight excluding hydrogens is 364 g/mol. The lowest BCUT2D eigenvalue weighted by atomic mass is 9.41. The number of carbonyl (C=O) groups is 1. The third-order valence-corrected chi connectivity index (χ3v) is 10.6. The van der Waals surface area contributed by atoms with Crippen molar-refractivity contribution >= 4 is 5.97 Å². The van der Waals surface area contributed by atoms with Gasteiger partial charge in [-0.15, -0.1) is 0 Å². The lowest BCUT2D eigenvalue weighted by Gasteiger charge is -2.65. The minimum atomic E-state index is -0.686. The van der Waals surface area contributed by atoms with Crippen molar-refractivity contribution in [3.63, 3.8) is 0 Å². The van der Waals surface area contributed by atoms with Gasteiger partial charge in [0.2, 0.25) is 0 Å². The Bertz CT molecular complexity index is 645. The predicted molar refractivity (Wildman–Crippen MR) is 113 cm³/mol. The van der Waals surface area contributed by atoms with E-state index in [2.05, 4.69) is 27.7 Å². The summed E-state index contributed by atoms with van der Waals surface area (Å²) >= 11 is 0. The Hall–Kier alpha value is -0.610. The van der Waals surface area contributed by atoms with Gasteiger partial charge in [0, 0.05) is 6.42 Å². The van der Waals surface area contributed by atoms with Crippen LogP contribution in [0.25, 0.3) is 0 Å². The molecule has 0 aromatic carbocycles. The van der Waals surface area contributed by atoms with Crippen LogP contribution in [0, 0.1) is 46.3 Å². The summed E-state index contributed by atoms with van der Waals surface area (Å²) in [5.41, 5.74) is -0.182. The summed E-state index contributed by atoms with van der Waals surface area (Å²) in [5.74, 6) is 2.18. The van der Waals surface area contributed by atoms with E-state index in [-0.39, 0.29) is 23.4 Å². The van der Waals surface area contributed by atoms with Crippen LogP contribution in [0.1, 0.15) is 91.9 Å². The minimum Gasteiger partial charge on any atom is -0.481 e. The standard InChI is InChI=1S/C25H42O4/c1-15(5-8-21(27)28)18-6-7-19-22-20(10-12-24(18,19)3)23(2)11-9-17(26)13-16(23)14-25(22,4)29/h15-20,22,26,29H,5-14H2,1-4H3,(H,27,28)/t15?,16?,17-,18?,19?,20?,22?,23?,24?,25+/m1/s1. The van der Waals surface area contributed by atoms with Crippen LogP contribution in [0.3, 0.4) is 0 Å². The number of hydrogen-bond donors (Lipinski definition) is 3. The highest BCUT2D eigenvalue weighted by atomic mass is 16.4. The minimum absolute atomic E-state index is 0.194. The maximum Gasteiger partial charge on any atom is 0.303 e. The largest absolute Gasteiger partial charge is 0.481 e. The van der Waals surface area contributed by atoms with Gasteiger partial charge in [0.05, 0.1) is 11.7 Å². The topological polar surface area (TPSA) is 77.8 Å². The third kappa shape index (κ3) is 3.37. The Morgan fingerprint density at radius 3 is 2.38 bits per heavy atom. The molecule has 0 saturated heterocycles. The summed E-state index contributed by atoms with van der Waals surface area (Å²) < 4.78 is 0. The fourth-order valence-electron chi connectivity index (χ4n) is 9.11. The Kier molecular flexibility index (Phi) is 5.38. The smallest absolute Gasteiger partial charge is 0.303 e. The van der Waals surface area contributed by atoms with Crippen molar-refractivity contribution in [3.8, 4) is 0 Å². The summed E-state index contributed by atoms with van der Waals surface area (Å²) in [4.78, 5) is 11.1. The molecule has 4 rings (SSSR count). The molecule has 4 fully saturated rings. The molecule has 166 valence electrons. The van der Waals surface area contributed by atoms with Gasteiger partial charge < -0.3 is 15.3 Å². The third-order valence-electron chi connectivity index (χ3n) is 10.6. The summed E-state index contributed by atoms with van der Waals surface area (Å²) in [6, 6.07) is 0. The SMILES string of the molecule is CC(CCC(=O)O)C1CCC2C3C(CCC12C)C1(C)CC[C@@H](O)CC1C[C@]3(C)O. The average Bonchev–Trinajstić information content (AvgIpc) is 2.98. The van der Waals surface area contributed by atoms with Crippen molar-refractivity contribution in [2.24, 2.45) is 46.3 Å². The first-order valence-corrected chi connectivity index (χ1v) is 12.1. The van der Waals surface area contributed by atoms with E-state index in [1.165, 1.54) is 25.7 Å². The molecule has 4 heteroatoms. The number of rotatable bonds is 4. The lowest BCUT2D eigenvalue weighted by Crippen LogP contribution is -2.62. The average molecular weight is 407 g/mol. The molecule has 0 aliphatic heterocycles. The van der Waals surface area contributed by atoms with E-state index in [4.69, 9.17) is 5.11 Å². The van der Waals surface area contributed by atoms with Crippen LogP contribution in [0.15, 0.2) is 0 Å². The number of fused-ring (bicyclic) bond motifs is 5. The molecule has 0 heterocycles. The number of aliphatic carboxylic acids is 1. The summed E-state index contributed by atoms with van der Waals surface area (Å²) in [6.45, 7) is 9.25. The van der Waals surface area contributed by atoms with E-state index in [9.17, 15) is 15.0 Å². The quantitative estimate of drug-likeness (QED) is 0.622. The highest BCUT2D eigenvalue weighted by Gasteiger charge is 2.65. The number of aliphatic hydroxyl groups excluding tert-OH is 1. The van der Waals surface area contributed by atoms with Crippen LogP contribution in [0.4, 0.5) is 0 Å². The van der Waals surface area contributed by atoms with Crippen LogP contribution in [-0.2, 0) is 4.79 Å². The van der Waals surface area contributed by atoms with E-state index in [1.807, 2.05) is 0 Å². The predicted octanol–water partition coefficient (Wildman–Crippen LogP) is 4.87. The first kappa shape index (κ1) is 21.6. The van der Waals surface area contributed by atoms with Crippen LogP contribution in [0.5, 0.6) is 0 Å². The maximum absolute atomic E-state index is 11.7. The zero-order chi connectivity index (χ0) is 21.2. The molecule has 29 heavy (non-hydrogen) atoms. The number of carboxylic acids is 1. The fraction of sp³-hybridized carbons (Fsp3) is 0.960. The summed E-state index contributed by atoms with van der Waals surface area (Å²) in [6.07, 6.45) is 9.28. The lowest BCUT2D eigenvalue weighted by molar-refractivity contribution is -0.212. The molecule has 0 bridgehead atoms. The van der Waals surface area contributed by atoms with Crippen molar-refractivity contribution in [2.75, 3.05) is 0 Å². The van der Waals surface area contributed by atoms with Crippen LogP contribution in [-0.4, -0.2) is 33.0 Å². The normalized spacial score (nSPS) is 52.9. The van der Waals surface area contributed by atoms with Gasteiger partial charge in [-0.3, -0.25) is 4.79 Å². The molecular formula is C25H42O4. The van der Waals surface area contributed by atoms with E-state index >= 15 is 0 Å². The first-order chi connectivity index (χ1) is 13.5. The van der Waals surface area contributed by atoms with Gasteiger partial charge in [0.15, 0.2) is 0 Å². The molecule has 8 unspecified atom stereocenters. The second-order valence-electron chi connectivity index (χ2n) is 12.1. The molecule has 4 nitrogen and oxygen atoms in total. The van der Waals surface area contributed by atoms with Crippen LogP contribution >= 0.6 is 0 Å².